The van der Waals surface area contributed by atoms with Gasteiger partial charge in [0.15, 0.2) is 0 Å². The lowest BCUT2D eigenvalue weighted by Gasteiger charge is -2.24. The number of fused-ring (bicyclic) bond motifs is 1. The van der Waals surface area contributed by atoms with Gasteiger partial charge in [0.1, 0.15) is 0 Å². The molecule has 5 nitrogen and oxygen atoms in total. The van der Waals surface area contributed by atoms with Crippen LogP contribution in [0, 0.1) is 0 Å². The molecular formula is C11H15N3O2. The number of H-pyrrole nitrogens is 1. The van der Waals surface area contributed by atoms with E-state index in [2.05, 4.69) is 15.5 Å². The minimum absolute atomic E-state index is 0.0613. The van der Waals surface area contributed by atoms with Crippen LogP contribution in [0.4, 0.5) is 0 Å². The van der Waals surface area contributed by atoms with E-state index in [0.29, 0.717) is 12.8 Å². The number of rotatable bonds is 2. The number of aryl methyl sites for hydroxylation is 1. The Morgan fingerprint density at radius 1 is 1.69 bits per heavy atom. The molecule has 1 aromatic heterocycles. The summed E-state index contributed by atoms with van der Waals surface area (Å²) in [5.74, 6) is 0.0613. The lowest BCUT2D eigenvalue weighted by atomic mass is 9.92. The van der Waals surface area contributed by atoms with Gasteiger partial charge in [0, 0.05) is 18.5 Å². The lowest BCUT2D eigenvalue weighted by Crippen LogP contribution is -2.39. The Hall–Kier alpha value is -1.65. The van der Waals surface area contributed by atoms with Crippen molar-refractivity contribution in [2.75, 3.05) is 0 Å². The maximum absolute atomic E-state index is 11.3. The number of carbonyl (C=O) groups is 1. The van der Waals surface area contributed by atoms with Crippen molar-refractivity contribution in [3.05, 3.63) is 27.7 Å². The summed E-state index contributed by atoms with van der Waals surface area (Å²) in [5.41, 5.74) is 1.72. The molecule has 0 saturated carbocycles. The molecule has 2 rings (SSSR count). The summed E-state index contributed by atoms with van der Waals surface area (Å²) in [7, 11) is 0. The first-order valence-electron chi connectivity index (χ1n) is 5.56. The predicted octanol–water partition coefficient (Wildman–Crippen LogP) is 0.153. The molecule has 1 atom stereocenters. The quantitative estimate of drug-likeness (QED) is 0.746. The van der Waals surface area contributed by atoms with Crippen LogP contribution in [0.3, 0.4) is 0 Å². The first-order valence-corrected chi connectivity index (χ1v) is 5.56. The van der Waals surface area contributed by atoms with Crippen molar-refractivity contribution in [3.8, 4) is 0 Å². The Morgan fingerprint density at radius 2 is 2.50 bits per heavy atom. The fourth-order valence-corrected chi connectivity index (χ4v) is 1.99. The second kappa shape index (κ2) is 4.47. The minimum atomic E-state index is -0.179. The number of hydrogen-bond acceptors (Lipinski definition) is 3. The molecule has 1 amide bonds. The fraction of sp³-hybridized carbons (Fsp3) is 0.545. The molecule has 1 heterocycles. The van der Waals surface area contributed by atoms with E-state index in [4.69, 9.17) is 0 Å². The summed E-state index contributed by atoms with van der Waals surface area (Å²) in [4.78, 5) is 22.4. The zero-order valence-corrected chi connectivity index (χ0v) is 9.25. The number of aromatic nitrogens is 2. The van der Waals surface area contributed by atoms with Crippen LogP contribution in [0.2, 0.25) is 0 Å². The van der Waals surface area contributed by atoms with Gasteiger partial charge >= 0.3 is 0 Å². The molecule has 16 heavy (non-hydrogen) atoms. The van der Waals surface area contributed by atoms with Crippen molar-refractivity contribution in [1.82, 2.24) is 15.5 Å². The minimum Gasteiger partial charge on any atom is -0.353 e. The number of carbonyl (C=O) groups excluding carboxylic acids is 1. The predicted molar refractivity (Wildman–Crippen MR) is 59.1 cm³/mol. The van der Waals surface area contributed by atoms with Crippen molar-refractivity contribution in [1.29, 1.82) is 0 Å². The Kier molecular flexibility index (Phi) is 3.03. The Balaban J connectivity index is 2.11. The van der Waals surface area contributed by atoms with Crippen LogP contribution < -0.4 is 10.9 Å². The van der Waals surface area contributed by atoms with Gasteiger partial charge in [-0.1, -0.05) is 6.92 Å². The first kappa shape index (κ1) is 10.9. The molecule has 0 bridgehead atoms. The van der Waals surface area contributed by atoms with E-state index in [0.717, 1.165) is 24.1 Å². The standard InChI is InChI=1S/C11H15N3O2/c1-2-10(15)12-8-3-4-9-7(5-8)6-11(16)14-13-9/h6,8H,2-5H2,1H3,(H,12,15)(H,14,16). The second-order valence-electron chi connectivity index (χ2n) is 4.06. The molecule has 2 N–H and O–H groups in total. The molecule has 1 aliphatic carbocycles. The fourth-order valence-electron chi connectivity index (χ4n) is 1.99. The average Bonchev–Trinajstić information content (AvgIpc) is 2.28. The molecule has 0 aliphatic heterocycles. The van der Waals surface area contributed by atoms with E-state index in [1.807, 2.05) is 6.92 Å². The molecule has 0 spiro atoms. The molecule has 0 fully saturated rings. The SMILES string of the molecule is CCC(=O)NC1CCc2n[nH]c(=O)cc2C1. The molecule has 1 aliphatic rings. The third-order valence-electron chi connectivity index (χ3n) is 2.86. The van der Waals surface area contributed by atoms with Crippen LogP contribution in [0.1, 0.15) is 31.0 Å². The number of amides is 1. The van der Waals surface area contributed by atoms with Crippen molar-refractivity contribution >= 4 is 5.91 Å². The molecule has 5 heteroatoms. The molecule has 0 radical (unpaired) electrons. The second-order valence-corrected chi connectivity index (χ2v) is 4.06. The lowest BCUT2D eigenvalue weighted by molar-refractivity contribution is -0.121. The third-order valence-corrected chi connectivity index (χ3v) is 2.86. The maximum Gasteiger partial charge on any atom is 0.264 e. The van der Waals surface area contributed by atoms with Crippen LogP contribution in [0.5, 0.6) is 0 Å². The molecular weight excluding hydrogens is 206 g/mol. The number of aromatic amines is 1. The molecule has 0 aromatic carbocycles. The third kappa shape index (κ3) is 2.29. The molecule has 1 aromatic rings. The zero-order valence-electron chi connectivity index (χ0n) is 9.25. The summed E-state index contributed by atoms with van der Waals surface area (Å²) < 4.78 is 0. The van der Waals surface area contributed by atoms with E-state index < -0.39 is 0 Å². The summed E-state index contributed by atoms with van der Waals surface area (Å²) >= 11 is 0. The largest absolute Gasteiger partial charge is 0.353 e. The Morgan fingerprint density at radius 3 is 3.25 bits per heavy atom. The average molecular weight is 221 g/mol. The topological polar surface area (TPSA) is 74.8 Å². The van der Waals surface area contributed by atoms with Gasteiger partial charge in [0.2, 0.25) is 5.91 Å². The van der Waals surface area contributed by atoms with Gasteiger partial charge in [-0.25, -0.2) is 5.10 Å². The van der Waals surface area contributed by atoms with Crippen molar-refractivity contribution in [3.63, 3.8) is 0 Å². The number of nitrogens with one attached hydrogen (secondary N) is 2. The summed E-state index contributed by atoms with van der Waals surface area (Å²) in [5, 5.41) is 9.39. The van der Waals surface area contributed by atoms with Gasteiger partial charge in [0.25, 0.3) is 5.56 Å². The number of nitrogens with zero attached hydrogens (tertiary/aromatic N) is 1. The normalized spacial score (nSPS) is 18.9. The van der Waals surface area contributed by atoms with E-state index >= 15 is 0 Å². The Labute approximate surface area is 93.3 Å². The first-order chi connectivity index (χ1) is 7.69. The van der Waals surface area contributed by atoms with Gasteiger partial charge in [-0.15, -0.1) is 0 Å². The molecule has 0 saturated heterocycles. The monoisotopic (exact) mass is 221 g/mol. The van der Waals surface area contributed by atoms with Crippen LogP contribution in [-0.4, -0.2) is 22.1 Å². The van der Waals surface area contributed by atoms with Gasteiger partial charge in [-0.05, 0) is 24.8 Å². The van der Waals surface area contributed by atoms with Gasteiger partial charge in [-0.3, -0.25) is 9.59 Å². The highest BCUT2D eigenvalue weighted by molar-refractivity contribution is 5.75. The van der Waals surface area contributed by atoms with Crippen LogP contribution in [-0.2, 0) is 17.6 Å². The van der Waals surface area contributed by atoms with Gasteiger partial charge in [-0.2, -0.15) is 5.10 Å². The highest BCUT2D eigenvalue weighted by Crippen LogP contribution is 2.17. The van der Waals surface area contributed by atoms with E-state index in [-0.39, 0.29) is 17.5 Å². The summed E-state index contributed by atoms with van der Waals surface area (Å²) in [6.45, 7) is 1.83. The highest BCUT2D eigenvalue weighted by Gasteiger charge is 2.20. The van der Waals surface area contributed by atoms with Crippen LogP contribution >= 0.6 is 0 Å². The maximum atomic E-state index is 11.3. The van der Waals surface area contributed by atoms with Crippen molar-refractivity contribution in [2.24, 2.45) is 0 Å². The van der Waals surface area contributed by atoms with Gasteiger partial charge < -0.3 is 5.32 Å². The summed E-state index contributed by atoms with van der Waals surface area (Å²) in [6.07, 6.45) is 2.90. The molecule has 1 unspecified atom stereocenters. The van der Waals surface area contributed by atoms with E-state index in [9.17, 15) is 9.59 Å². The van der Waals surface area contributed by atoms with Crippen LogP contribution in [0.15, 0.2) is 10.9 Å². The highest BCUT2D eigenvalue weighted by atomic mass is 16.1. The van der Waals surface area contributed by atoms with Gasteiger partial charge in [0.05, 0.1) is 5.69 Å². The smallest absolute Gasteiger partial charge is 0.264 e. The molecule has 86 valence electrons. The zero-order chi connectivity index (χ0) is 11.5. The van der Waals surface area contributed by atoms with E-state index in [1.54, 1.807) is 6.07 Å². The van der Waals surface area contributed by atoms with Crippen molar-refractivity contribution in [2.45, 2.75) is 38.6 Å². The van der Waals surface area contributed by atoms with E-state index in [1.165, 1.54) is 0 Å². The van der Waals surface area contributed by atoms with Crippen LogP contribution in [0.25, 0.3) is 0 Å². The van der Waals surface area contributed by atoms with Crippen molar-refractivity contribution < 1.29 is 4.79 Å². The number of hydrogen-bond donors (Lipinski definition) is 2. The Bertz CT molecular complexity index is 453. The summed E-state index contributed by atoms with van der Waals surface area (Å²) in [6, 6.07) is 1.72.